The van der Waals surface area contributed by atoms with Crippen LogP contribution in [0.4, 0.5) is 13.2 Å². The van der Waals surface area contributed by atoms with Gasteiger partial charge >= 0.3 is 6.18 Å². The summed E-state index contributed by atoms with van der Waals surface area (Å²) in [6, 6.07) is 51.0. The highest BCUT2D eigenvalue weighted by atomic mass is 19.4. The summed E-state index contributed by atoms with van der Waals surface area (Å²) in [6.07, 6.45) is -4.42. The lowest BCUT2D eigenvalue weighted by Crippen LogP contribution is -2.05. The zero-order valence-electron chi connectivity index (χ0n) is 46.9. The van der Waals surface area contributed by atoms with Crippen LogP contribution in [0.25, 0.3) is 0 Å². The normalized spacial score (nSPS) is 9.13. The third-order valence-electron chi connectivity index (χ3n) is 11.0. The summed E-state index contributed by atoms with van der Waals surface area (Å²) in [4.78, 5) is 75.8. The molecule has 0 atom stereocenters. The lowest BCUT2D eigenvalue weighted by atomic mass is 9.99. The van der Waals surface area contributed by atoms with Gasteiger partial charge in [0.1, 0.15) is 48.2 Å². The van der Waals surface area contributed by atoms with Gasteiger partial charge in [-0.3, -0.25) is 33.6 Å². The quantitative estimate of drug-likeness (QED) is 0.0907. The SMILES string of the molecule is COc1ccc(C(=O)C#N)cc1.COc1ccc(C(=O)C#N)cc1OC.Cc1cc(C(=O)C#N)cc(C)c1C.Cc1ccc(C(=O)C#N)cc1.Cc1ccc(C(=O)C#N)cc1.N#CC(=O)c1ccc(C(F)(F)F)cc1.N#CC(=O)c1ccccc1. The van der Waals surface area contributed by atoms with Crippen molar-refractivity contribution in [3.8, 4) is 59.7 Å². The van der Waals surface area contributed by atoms with Crippen molar-refractivity contribution >= 4 is 40.5 Å². The van der Waals surface area contributed by atoms with Gasteiger partial charge in [0.25, 0.3) is 40.5 Å². The van der Waals surface area contributed by atoms with E-state index in [1.165, 1.54) is 50.1 Å². The molecule has 0 heterocycles. The summed E-state index contributed by atoms with van der Waals surface area (Å²) < 4.78 is 51.0. The number of nitriles is 7. The predicted octanol–water partition coefficient (Wildman–Crippen LogP) is 12.3. The van der Waals surface area contributed by atoms with Crippen molar-refractivity contribution in [1.29, 1.82) is 36.8 Å². The van der Waals surface area contributed by atoms with E-state index in [2.05, 4.69) is 0 Å². The van der Waals surface area contributed by atoms with Gasteiger partial charge in [-0.2, -0.15) is 50.0 Å². The average molecular weight is 1150 g/mol. The molecule has 0 spiro atoms. The Morgan fingerprint density at radius 1 is 0.341 bits per heavy atom. The first kappa shape index (κ1) is 70.9. The van der Waals surface area contributed by atoms with Crippen LogP contribution in [0.15, 0.2) is 158 Å². The van der Waals surface area contributed by atoms with Crippen LogP contribution in [0, 0.1) is 114 Å². The van der Waals surface area contributed by atoms with Crippen LogP contribution in [0.1, 0.15) is 106 Å². The molecule has 426 valence electrons. The smallest absolute Gasteiger partial charge is 0.416 e. The van der Waals surface area contributed by atoms with Crippen LogP contribution in [0.3, 0.4) is 0 Å². The molecule has 0 aliphatic heterocycles. The molecule has 0 aliphatic rings. The van der Waals surface area contributed by atoms with Gasteiger partial charge in [0.2, 0.25) is 0 Å². The van der Waals surface area contributed by atoms with Gasteiger partial charge in [-0.05, 0) is 130 Å². The van der Waals surface area contributed by atoms with E-state index >= 15 is 0 Å². The molecule has 0 saturated carbocycles. The van der Waals surface area contributed by atoms with Gasteiger partial charge < -0.3 is 14.2 Å². The van der Waals surface area contributed by atoms with Crippen molar-refractivity contribution < 1.29 is 60.9 Å². The lowest BCUT2D eigenvalue weighted by Gasteiger charge is -2.07. The molecule has 0 N–H and O–H groups in total. The van der Waals surface area contributed by atoms with E-state index in [9.17, 15) is 46.7 Å². The number of ketones is 7. The number of hydrogen-bond donors (Lipinski definition) is 0. The first-order chi connectivity index (χ1) is 40.3. The van der Waals surface area contributed by atoms with E-state index in [-0.39, 0.29) is 5.56 Å². The highest BCUT2D eigenvalue weighted by molar-refractivity contribution is 6.10. The Bertz CT molecular complexity index is 3710. The Labute approximate surface area is 488 Å². The summed E-state index contributed by atoms with van der Waals surface area (Å²) >= 11 is 0. The zero-order chi connectivity index (χ0) is 64.2. The molecule has 0 unspecified atom stereocenters. The van der Waals surface area contributed by atoms with E-state index in [1.807, 2.05) is 58.9 Å². The minimum atomic E-state index is -4.42. The number of benzene rings is 7. The number of ether oxygens (including phenoxy) is 3. The summed E-state index contributed by atoms with van der Waals surface area (Å²) in [5.41, 5.74) is 7.10. The van der Waals surface area contributed by atoms with E-state index in [4.69, 9.17) is 51.0 Å². The molecule has 17 nitrogen and oxygen atoms in total. The van der Waals surface area contributed by atoms with E-state index in [1.54, 1.807) is 128 Å². The molecule has 0 aromatic heterocycles. The van der Waals surface area contributed by atoms with E-state index in [0.29, 0.717) is 50.6 Å². The van der Waals surface area contributed by atoms with Crippen molar-refractivity contribution in [3.63, 3.8) is 0 Å². The van der Waals surface area contributed by atoms with Crippen molar-refractivity contribution in [2.24, 2.45) is 0 Å². The fourth-order valence-electron chi connectivity index (χ4n) is 6.15. The number of carbonyl (C=O) groups excluding carboxylic acids is 7. The fraction of sp³-hybridized carbons (Fsp3) is 0.138. The Morgan fingerprint density at radius 3 is 0.953 bits per heavy atom. The van der Waals surface area contributed by atoms with Crippen LogP contribution in [0.5, 0.6) is 17.2 Å². The molecule has 7 aromatic carbocycles. The monoisotopic (exact) mass is 1150 g/mol. The van der Waals surface area contributed by atoms with Crippen LogP contribution in [-0.4, -0.2) is 61.8 Å². The minimum absolute atomic E-state index is 0.0412. The summed E-state index contributed by atoms with van der Waals surface area (Å²) in [5.74, 6) is -2.25. The Balaban J connectivity index is 0.000000497. The van der Waals surface area contributed by atoms with Crippen LogP contribution in [0.2, 0.25) is 0 Å². The molecule has 0 saturated heterocycles. The molecule has 7 aromatic rings. The number of carbonyl (C=O) groups is 7. The molecule has 0 radical (unpaired) electrons. The van der Waals surface area contributed by atoms with Gasteiger partial charge in [-0.1, -0.05) is 90.0 Å². The minimum Gasteiger partial charge on any atom is -0.497 e. The number of halogens is 3. The Hall–Kier alpha value is -12.2. The maximum absolute atomic E-state index is 12.1. The number of alkyl halides is 3. The molecule has 0 aliphatic carbocycles. The number of rotatable bonds is 10. The average Bonchev–Trinajstić information content (AvgIpc) is 3.66. The third-order valence-corrected chi connectivity index (χ3v) is 11.0. The Kier molecular flexibility index (Phi) is 30.8. The van der Waals surface area contributed by atoms with E-state index < -0.39 is 52.2 Å². The van der Waals surface area contributed by atoms with Crippen molar-refractivity contribution in [3.05, 3.63) is 230 Å². The molecule has 20 heteroatoms. The number of nitrogens with zero attached hydrogens (tertiary/aromatic N) is 7. The summed E-state index contributed by atoms with van der Waals surface area (Å²) in [5, 5.41) is 58.0. The van der Waals surface area contributed by atoms with Gasteiger partial charge in [-0.15, -0.1) is 0 Å². The Morgan fingerprint density at radius 2 is 0.635 bits per heavy atom. The number of methoxy groups -OCH3 is 3. The van der Waals surface area contributed by atoms with Gasteiger partial charge in [-0.25, -0.2) is 0 Å². The molecule has 0 amide bonds. The second-order valence-corrected chi connectivity index (χ2v) is 16.8. The highest BCUT2D eigenvalue weighted by Crippen LogP contribution is 2.29. The lowest BCUT2D eigenvalue weighted by molar-refractivity contribution is -0.137. The number of aryl methyl sites for hydroxylation is 4. The second-order valence-electron chi connectivity index (χ2n) is 16.8. The third kappa shape index (κ3) is 24.8. The molecular formula is C65H50F3N7O10. The summed E-state index contributed by atoms with van der Waals surface area (Å²) in [7, 11) is 4.52. The molecular weight excluding hydrogens is 1100 g/mol. The highest BCUT2D eigenvalue weighted by Gasteiger charge is 2.30. The maximum Gasteiger partial charge on any atom is 0.416 e. The summed E-state index contributed by atoms with van der Waals surface area (Å²) in [6.45, 7) is 9.75. The van der Waals surface area contributed by atoms with Gasteiger partial charge in [0.15, 0.2) is 11.5 Å². The van der Waals surface area contributed by atoms with E-state index in [0.717, 1.165) is 46.5 Å². The largest absolute Gasteiger partial charge is 0.497 e. The predicted molar refractivity (Wildman–Crippen MR) is 303 cm³/mol. The maximum atomic E-state index is 12.1. The first-order valence-corrected chi connectivity index (χ1v) is 24.2. The fourth-order valence-corrected chi connectivity index (χ4v) is 6.15. The van der Waals surface area contributed by atoms with Gasteiger partial charge in [0, 0.05) is 38.9 Å². The van der Waals surface area contributed by atoms with Crippen molar-refractivity contribution in [2.75, 3.05) is 21.3 Å². The first-order valence-electron chi connectivity index (χ1n) is 24.2. The number of Topliss-reactive ketones (excluding diaryl/α,β-unsaturated/α-hetero) is 7. The van der Waals surface area contributed by atoms with Crippen molar-refractivity contribution in [1.82, 2.24) is 0 Å². The number of hydrogen-bond acceptors (Lipinski definition) is 17. The van der Waals surface area contributed by atoms with Crippen LogP contribution >= 0.6 is 0 Å². The zero-order valence-corrected chi connectivity index (χ0v) is 46.9. The molecule has 85 heavy (non-hydrogen) atoms. The standard InChI is InChI=1S/C11H11NO.C10H9NO3.C9H4F3NO.C9H7NO2.2C9H7NO.C8H5NO/c1-7-4-10(11(13)6-12)5-8(2)9(7)3;1-13-9-4-3-7(8(12)6-11)5-10(9)14-2;10-9(11,12)7-3-1-6(2-4-7)8(14)5-13;1-12-8-4-2-7(3-5-8)9(11)6-10;2*1-7-2-4-8(5-3-7)9(11)6-10;9-6-8(10)7-4-2-1-3-5-7/h4-5H,1-3H3;3-5H,1-2H3;1-4H;2-5H,1H3;2*2-5H,1H3;1-5H. The van der Waals surface area contributed by atoms with Gasteiger partial charge in [0.05, 0.1) is 26.9 Å². The topological polar surface area (TPSA) is 314 Å². The van der Waals surface area contributed by atoms with Crippen LogP contribution < -0.4 is 14.2 Å². The second kappa shape index (κ2) is 36.9. The van der Waals surface area contributed by atoms with Crippen molar-refractivity contribution in [2.45, 2.75) is 40.8 Å². The van der Waals surface area contributed by atoms with Crippen LogP contribution in [-0.2, 0) is 6.18 Å². The molecule has 0 fully saturated rings. The molecule has 0 bridgehead atoms. The molecule has 7 rings (SSSR count).